The van der Waals surface area contributed by atoms with Gasteiger partial charge in [0.15, 0.2) is 0 Å². The summed E-state index contributed by atoms with van der Waals surface area (Å²) < 4.78 is 5.58. The Hall–Kier alpha value is -1.15. The Balaban J connectivity index is 1.91. The molecule has 1 fully saturated rings. The first-order valence-corrected chi connectivity index (χ1v) is 7.36. The van der Waals surface area contributed by atoms with Crippen molar-refractivity contribution in [2.24, 2.45) is 5.92 Å². The molecule has 0 heterocycles. The zero-order valence-electron chi connectivity index (χ0n) is 12.0. The minimum atomic E-state index is 0.192. The van der Waals surface area contributed by atoms with Crippen LogP contribution in [0.2, 0.25) is 0 Å². The van der Waals surface area contributed by atoms with E-state index in [-0.39, 0.29) is 12.0 Å². The van der Waals surface area contributed by atoms with Crippen LogP contribution in [0.1, 0.15) is 51.0 Å². The van der Waals surface area contributed by atoms with Crippen LogP contribution in [0.25, 0.3) is 0 Å². The maximum atomic E-state index is 12.0. The lowest BCUT2D eigenvalue weighted by Crippen LogP contribution is -2.25. The molecule has 1 aromatic carbocycles. The number of hydrogen-bond donors (Lipinski definition) is 0. The summed E-state index contributed by atoms with van der Waals surface area (Å²) in [5, 5.41) is 0. The standard InChI is InChI=1S/C17H24O2/c1-13(2)19-11-10-16-12-15(8-9-17(16)18)14-6-4-3-5-7-14/h3-7,13,15-16H,8-12H2,1-2H3. The highest BCUT2D eigenvalue weighted by Crippen LogP contribution is 2.35. The lowest BCUT2D eigenvalue weighted by Gasteiger charge is -2.28. The summed E-state index contributed by atoms with van der Waals surface area (Å²) in [6.45, 7) is 4.78. The second-order valence-electron chi connectivity index (χ2n) is 5.75. The fourth-order valence-corrected chi connectivity index (χ4v) is 2.87. The largest absolute Gasteiger partial charge is 0.379 e. The summed E-state index contributed by atoms with van der Waals surface area (Å²) in [6.07, 6.45) is 3.85. The van der Waals surface area contributed by atoms with Crippen molar-refractivity contribution in [2.75, 3.05) is 6.61 Å². The van der Waals surface area contributed by atoms with Crippen LogP contribution in [0.4, 0.5) is 0 Å². The predicted molar refractivity (Wildman–Crippen MR) is 77.2 cm³/mol. The number of Topliss-reactive ketones (excluding diaryl/α,β-unsaturated/α-hetero) is 1. The van der Waals surface area contributed by atoms with E-state index in [2.05, 4.69) is 24.3 Å². The average Bonchev–Trinajstić information content (AvgIpc) is 2.41. The van der Waals surface area contributed by atoms with E-state index in [1.54, 1.807) is 0 Å². The highest BCUT2D eigenvalue weighted by atomic mass is 16.5. The summed E-state index contributed by atoms with van der Waals surface area (Å²) in [5.74, 6) is 1.17. The van der Waals surface area contributed by atoms with Crippen molar-refractivity contribution >= 4 is 5.78 Å². The molecule has 104 valence electrons. The van der Waals surface area contributed by atoms with Gasteiger partial charge in [-0.3, -0.25) is 4.79 Å². The van der Waals surface area contributed by atoms with Gasteiger partial charge < -0.3 is 4.74 Å². The Bertz CT molecular complexity index is 397. The Labute approximate surface area is 116 Å². The van der Waals surface area contributed by atoms with Crippen molar-refractivity contribution < 1.29 is 9.53 Å². The molecule has 2 atom stereocenters. The molecular weight excluding hydrogens is 236 g/mol. The van der Waals surface area contributed by atoms with Crippen LogP contribution < -0.4 is 0 Å². The van der Waals surface area contributed by atoms with E-state index in [1.165, 1.54) is 5.56 Å². The quantitative estimate of drug-likeness (QED) is 0.801. The highest BCUT2D eigenvalue weighted by Gasteiger charge is 2.29. The predicted octanol–water partition coefficient (Wildman–Crippen LogP) is 3.95. The third kappa shape index (κ3) is 4.17. The molecule has 2 nitrogen and oxygen atoms in total. The van der Waals surface area contributed by atoms with Crippen LogP contribution >= 0.6 is 0 Å². The van der Waals surface area contributed by atoms with E-state index in [9.17, 15) is 4.79 Å². The number of benzene rings is 1. The monoisotopic (exact) mass is 260 g/mol. The summed E-state index contributed by atoms with van der Waals surface area (Å²) in [5.41, 5.74) is 1.38. The lowest BCUT2D eigenvalue weighted by atomic mass is 9.76. The van der Waals surface area contributed by atoms with Gasteiger partial charge in [-0.1, -0.05) is 30.3 Å². The molecule has 1 aliphatic carbocycles. The van der Waals surface area contributed by atoms with Gasteiger partial charge in [0.2, 0.25) is 0 Å². The highest BCUT2D eigenvalue weighted by molar-refractivity contribution is 5.82. The zero-order valence-corrected chi connectivity index (χ0v) is 12.0. The molecule has 0 amide bonds. The number of hydrogen-bond acceptors (Lipinski definition) is 2. The van der Waals surface area contributed by atoms with E-state index in [0.29, 0.717) is 18.3 Å². The second kappa shape index (κ2) is 6.85. The number of carbonyl (C=O) groups is 1. The molecule has 0 bridgehead atoms. The third-order valence-corrected chi connectivity index (χ3v) is 3.95. The minimum Gasteiger partial charge on any atom is -0.379 e. The van der Waals surface area contributed by atoms with Crippen LogP contribution in [0.3, 0.4) is 0 Å². The molecule has 0 saturated heterocycles. The molecular formula is C17H24O2. The van der Waals surface area contributed by atoms with Gasteiger partial charge in [-0.2, -0.15) is 0 Å². The molecule has 0 aromatic heterocycles. The van der Waals surface area contributed by atoms with E-state index >= 15 is 0 Å². The summed E-state index contributed by atoms with van der Waals surface area (Å²) in [7, 11) is 0. The van der Waals surface area contributed by atoms with Crippen LogP contribution in [0, 0.1) is 5.92 Å². The van der Waals surface area contributed by atoms with Crippen LogP contribution in [-0.4, -0.2) is 18.5 Å². The van der Waals surface area contributed by atoms with Crippen molar-refractivity contribution in [3.63, 3.8) is 0 Å². The van der Waals surface area contributed by atoms with Gasteiger partial charge in [-0.25, -0.2) is 0 Å². The molecule has 2 unspecified atom stereocenters. The molecule has 2 heteroatoms. The number of ether oxygens (including phenoxy) is 1. The molecule has 0 spiro atoms. The number of carbonyl (C=O) groups excluding carboxylic acids is 1. The fraction of sp³-hybridized carbons (Fsp3) is 0.588. The zero-order chi connectivity index (χ0) is 13.7. The van der Waals surface area contributed by atoms with Gasteiger partial charge in [-0.05, 0) is 44.6 Å². The van der Waals surface area contributed by atoms with Gasteiger partial charge in [0.1, 0.15) is 5.78 Å². The summed E-state index contributed by atoms with van der Waals surface area (Å²) in [4.78, 5) is 12.0. The first kappa shape index (κ1) is 14.3. The van der Waals surface area contributed by atoms with Gasteiger partial charge >= 0.3 is 0 Å². The second-order valence-corrected chi connectivity index (χ2v) is 5.75. The molecule has 1 aromatic rings. The third-order valence-electron chi connectivity index (χ3n) is 3.95. The van der Waals surface area contributed by atoms with Gasteiger partial charge in [0.05, 0.1) is 6.10 Å². The number of ketones is 1. The van der Waals surface area contributed by atoms with Crippen LogP contribution in [0.15, 0.2) is 30.3 Å². The Morgan fingerprint density at radius 3 is 2.68 bits per heavy atom. The van der Waals surface area contributed by atoms with E-state index in [0.717, 1.165) is 25.7 Å². The summed E-state index contributed by atoms with van der Waals surface area (Å²) in [6, 6.07) is 10.6. The van der Waals surface area contributed by atoms with Crippen molar-refractivity contribution in [2.45, 2.75) is 51.6 Å². The molecule has 1 saturated carbocycles. The maximum Gasteiger partial charge on any atom is 0.136 e. The van der Waals surface area contributed by atoms with Gasteiger partial charge in [0.25, 0.3) is 0 Å². The van der Waals surface area contributed by atoms with Crippen molar-refractivity contribution in [3.8, 4) is 0 Å². The average molecular weight is 260 g/mol. The topological polar surface area (TPSA) is 26.3 Å². The number of rotatable bonds is 5. The Morgan fingerprint density at radius 2 is 2.00 bits per heavy atom. The van der Waals surface area contributed by atoms with E-state index in [4.69, 9.17) is 4.74 Å². The maximum absolute atomic E-state index is 12.0. The first-order chi connectivity index (χ1) is 9.16. The first-order valence-electron chi connectivity index (χ1n) is 7.36. The molecule has 0 radical (unpaired) electrons. The van der Waals surface area contributed by atoms with Crippen molar-refractivity contribution in [1.82, 2.24) is 0 Å². The molecule has 1 aliphatic rings. The SMILES string of the molecule is CC(C)OCCC1CC(c2ccccc2)CCC1=O. The van der Waals surface area contributed by atoms with Crippen LogP contribution in [-0.2, 0) is 9.53 Å². The smallest absolute Gasteiger partial charge is 0.136 e. The van der Waals surface area contributed by atoms with Gasteiger partial charge in [0, 0.05) is 18.9 Å². The summed E-state index contributed by atoms with van der Waals surface area (Å²) >= 11 is 0. The molecule has 19 heavy (non-hydrogen) atoms. The molecule has 0 N–H and O–H groups in total. The fourth-order valence-electron chi connectivity index (χ4n) is 2.87. The van der Waals surface area contributed by atoms with E-state index < -0.39 is 0 Å². The van der Waals surface area contributed by atoms with Crippen LogP contribution in [0.5, 0.6) is 0 Å². The van der Waals surface area contributed by atoms with Gasteiger partial charge in [-0.15, -0.1) is 0 Å². The normalized spacial score (nSPS) is 23.8. The van der Waals surface area contributed by atoms with Crippen molar-refractivity contribution in [1.29, 1.82) is 0 Å². The van der Waals surface area contributed by atoms with E-state index in [1.807, 2.05) is 19.9 Å². The van der Waals surface area contributed by atoms with Crippen molar-refractivity contribution in [3.05, 3.63) is 35.9 Å². The Morgan fingerprint density at radius 1 is 1.26 bits per heavy atom. The molecule has 2 rings (SSSR count). The Kier molecular flexibility index (Phi) is 5.15. The molecule has 0 aliphatic heterocycles. The lowest BCUT2D eigenvalue weighted by molar-refractivity contribution is -0.125. The minimum absolute atomic E-state index is 0.192.